The zero-order valence-electron chi connectivity index (χ0n) is 9.25. The number of aromatic nitrogens is 3. The maximum Gasteiger partial charge on any atom is 0.160 e. The molecular formula is C12H13N3O. The molecule has 0 bridgehead atoms. The number of hydrogen-bond acceptors (Lipinski definition) is 4. The summed E-state index contributed by atoms with van der Waals surface area (Å²) in [6.45, 7) is 3.32. The monoisotopic (exact) mass is 215 g/mol. The number of rotatable bonds is 2. The summed E-state index contributed by atoms with van der Waals surface area (Å²) in [5.41, 5.74) is 0.647. The molecule has 0 aliphatic carbocycles. The summed E-state index contributed by atoms with van der Waals surface area (Å²) in [4.78, 5) is 12.4. The van der Waals surface area contributed by atoms with Gasteiger partial charge in [0.15, 0.2) is 5.82 Å². The summed E-state index contributed by atoms with van der Waals surface area (Å²) in [5.74, 6) is 0.411. The third-order valence-electron chi connectivity index (χ3n) is 2.16. The molecule has 82 valence electrons. The van der Waals surface area contributed by atoms with Gasteiger partial charge in [0.1, 0.15) is 5.60 Å². The minimum Gasteiger partial charge on any atom is -0.382 e. The third-order valence-corrected chi connectivity index (χ3v) is 2.16. The van der Waals surface area contributed by atoms with Gasteiger partial charge in [0.05, 0.1) is 5.69 Å². The van der Waals surface area contributed by atoms with E-state index in [1.54, 1.807) is 38.5 Å². The fourth-order valence-electron chi connectivity index (χ4n) is 1.33. The van der Waals surface area contributed by atoms with E-state index < -0.39 is 5.60 Å². The summed E-state index contributed by atoms with van der Waals surface area (Å²) in [5, 5.41) is 9.82. The van der Waals surface area contributed by atoms with Crippen molar-refractivity contribution in [2.75, 3.05) is 0 Å². The molecule has 2 rings (SSSR count). The van der Waals surface area contributed by atoms with Crippen LogP contribution in [0, 0.1) is 0 Å². The minimum atomic E-state index is -1.03. The van der Waals surface area contributed by atoms with E-state index in [-0.39, 0.29) is 0 Å². The van der Waals surface area contributed by atoms with E-state index in [0.717, 1.165) is 11.3 Å². The predicted octanol–water partition coefficient (Wildman–Crippen LogP) is 1.77. The second-order valence-electron chi connectivity index (χ2n) is 4.07. The van der Waals surface area contributed by atoms with Gasteiger partial charge in [-0.2, -0.15) is 0 Å². The average Bonchev–Trinajstić information content (AvgIpc) is 2.29. The van der Waals surface area contributed by atoms with Gasteiger partial charge in [-0.15, -0.1) is 0 Å². The van der Waals surface area contributed by atoms with Gasteiger partial charge >= 0.3 is 0 Å². The van der Waals surface area contributed by atoms with Crippen molar-refractivity contribution in [1.82, 2.24) is 15.0 Å². The topological polar surface area (TPSA) is 58.9 Å². The molecule has 4 heteroatoms. The Kier molecular flexibility index (Phi) is 2.66. The molecule has 0 atom stereocenters. The lowest BCUT2D eigenvalue weighted by Gasteiger charge is -2.15. The van der Waals surface area contributed by atoms with Crippen molar-refractivity contribution >= 4 is 0 Å². The fourth-order valence-corrected chi connectivity index (χ4v) is 1.33. The molecule has 0 aliphatic heterocycles. The maximum atomic E-state index is 9.82. The standard InChI is InChI=1S/C12H13N3O/c1-12(2,16)11-14-7-5-10(15-11)9-4-3-6-13-8-9/h3-8,16H,1-2H3. The first-order chi connectivity index (χ1) is 7.57. The molecule has 0 fully saturated rings. The van der Waals surface area contributed by atoms with E-state index in [1.165, 1.54) is 0 Å². The van der Waals surface area contributed by atoms with E-state index >= 15 is 0 Å². The van der Waals surface area contributed by atoms with E-state index in [0.29, 0.717) is 5.82 Å². The Bertz CT molecular complexity index is 477. The van der Waals surface area contributed by atoms with Gasteiger partial charge in [0.25, 0.3) is 0 Å². The Balaban J connectivity index is 2.45. The Morgan fingerprint density at radius 3 is 2.62 bits per heavy atom. The maximum absolute atomic E-state index is 9.82. The van der Waals surface area contributed by atoms with Crippen molar-refractivity contribution in [2.45, 2.75) is 19.4 Å². The molecular weight excluding hydrogens is 202 g/mol. The summed E-state index contributed by atoms with van der Waals surface area (Å²) in [7, 11) is 0. The summed E-state index contributed by atoms with van der Waals surface area (Å²) < 4.78 is 0. The molecule has 4 nitrogen and oxygen atoms in total. The molecule has 1 N–H and O–H groups in total. The Labute approximate surface area is 94.0 Å². The first kappa shape index (κ1) is 10.7. The van der Waals surface area contributed by atoms with E-state index in [4.69, 9.17) is 0 Å². The number of nitrogens with zero attached hydrogens (tertiary/aromatic N) is 3. The Morgan fingerprint density at radius 1 is 1.19 bits per heavy atom. The molecule has 2 heterocycles. The van der Waals surface area contributed by atoms with Crippen LogP contribution in [0.4, 0.5) is 0 Å². The van der Waals surface area contributed by atoms with Gasteiger partial charge < -0.3 is 5.11 Å². The molecule has 0 spiro atoms. The molecule has 0 aliphatic rings. The van der Waals surface area contributed by atoms with Crippen LogP contribution in [0.2, 0.25) is 0 Å². The van der Waals surface area contributed by atoms with Crippen LogP contribution in [0.25, 0.3) is 11.3 Å². The quantitative estimate of drug-likeness (QED) is 0.829. The highest BCUT2D eigenvalue weighted by Crippen LogP contribution is 2.19. The Hall–Kier alpha value is -1.81. The smallest absolute Gasteiger partial charge is 0.160 e. The summed E-state index contributed by atoms with van der Waals surface area (Å²) in [6, 6.07) is 5.57. The van der Waals surface area contributed by atoms with E-state index in [1.807, 2.05) is 12.1 Å². The lowest BCUT2D eigenvalue weighted by molar-refractivity contribution is 0.0688. The second-order valence-corrected chi connectivity index (χ2v) is 4.07. The highest BCUT2D eigenvalue weighted by molar-refractivity contribution is 5.56. The van der Waals surface area contributed by atoms with E-state index in [9.17, 15) is 5.11 Å². The van der Waals surface area contributed by atoms with Crippen LogP contribution in [0.1, 0.15) is 19.7 Å². The van der Waals surface area contributed by atoms with Crippen molar-refractivity contribution in [3.05, 3.63) is 42.6 Å². The highest BCUT2D eigenvalue weighted by Gasteiger charge is 2.19. The largest absolute Gasteiger partial charge is 0.382 e. The van der Waals surface area contributed by atoms with Crippen LogP contribution < -0.4 is 0 Å². The summed E-state index contributed by atoms with van der Waals surface area (Å²) >= 11 is 0. The van der Waals surface area contributed by atoms with Gasteiger partial charge in [-0.05, 0) is 32.0 Å². The van der Waals surface area contributed by atoms with Crippen LogP contribution >= 0.6 is 0 Å². The van der Waals surface area contributed by atoms with E-state index in [2.05, 4.69) is 15.0 Å². The van der Waals surface area contributed by atoms with Gasteiger partial charge in [-0.1, -0.05) is 0 Å². The van der Waals surface area contributed by atoms with Crippen molar-refractivity contribution in [3.63, 3.8) is 0 Å². The van der Waals surface area contributed by atoms with Crippen molar-refractivity contribution in [3.8, 4) is 11.3 Å². The SMILES string of the molecule is CC(C)(O)c1nccc(-c2cccnc2)n1. The molecule has 16 heavy (non-hydrogen) atoms. The molecule has 0 unspecified atom stereocenters. The zero-order valence-corrected chi connectivity index (χ0v) is 9.25. The molecule has 0 aromatic carbocycles. The summed E-state index contributed by atoms with van der Waals surface area (Å²) in [6.07, 6.45) is 5.08. The zero-order chi connectivity index (χ0) is 11.6. The highest BCUT2D eigenvalue weighted by atomic mass is 16.3. The van der Waals surface area contributed by atoms with Crippen molar-refractivity contribution in [2.24, 2.45) is 0 Å². The molecule has 0 saturated carbocycles. The lowest BCUT2D eigenvalue weighted by atomic mass is 10.1. The van der Waals surface area contributed by atoms with Crippen LogP contribution in [-0.4, -0.2) is 20.1 Å². The Morgan fingerprint density at radius 2 is 2.00 bits per heavy atom. The third kappa shape index (κ3) is 2.23. The molecule has 0 saturated heterocycles. The molecule has 0 amide bonds. The van der Waals surface area contributed by atoms with Gasteiger partial charge in [0, 0.05) is 24.2 Å². The number of aliphatic hydroxyl groups is 1. The molecule has 2 aromatic rings. The second kappa shape index (κ2) is 3.98. The first-order valence-corrected chi connectivity index (χ1v) is 5.04. The van der Waals surface area contributed by atoms with Gasteiger partial charge in [-0.25, -0.2) is 9.97 Å². The minimum absolute atomic E-state index is 0.411. The predicted molar refractivity (Wildman–Crippen MR) is 60.5 cm³/mol. The normalized spacial score (nSPS) is 11.4. The number of hydrogen-bond donors (Lipinski definition) is 1. The lowest BCUT2D eigenvalue weighted by Crippen LogP contribution is -2.19. The fraction of sp³-hybridized carbons (Fsp3) is 0.250. The van der Waals surface area contributed by atoms with Gasteiger partial charge in [0.2, 0.25) is 0 Å². The van der Waals surface area contributed by atoms with Crippen molar-refractivity contribution < 1.29 is 5.11 Å². The van der Waals surface area contributed by atoms with Crippen molar-refractivity contribution in [1.29, 1.82) is 0 Å². The van der Waals surface area contributed by atoms with Crippen LogP contribution in [-0.2, 0) is 5.60 Å². The van der Waals surface area contributed by atoms with Crippen LogP contribution in [0.15, 0.2) is 36.8 Å². The van der Waals surface area contributed by atoms with Crippen LogP contribution in [0.3, 0.4) is 0 Å². The number of pyridine rings is 1. The van der Waals surface area contributed by atoms with Crippen LogP contribution in [0.5, 0.6) is 0 Å². The van der Waals surface area contributed by atoms with Gasteiger partial charge in [-0.3, -0.25) is 4.98 Å². The molecule has 2 aromatic heterocycles. The molecule has 0 radical (unpaired) electrons. The average molecular weight is 215 g/mol. The first-order valence-electron chi connectivity index (χ1n) is 5.04.